The van der Waals surface area contributed by atoms with Crippen molar-refractivity contribution in [1.82, 2.24) is 5.32 Å². The van der Waals surface area contributed by atoms with Crippen LogP contribution in [0.25, 0.3) is 0 Å². The molecule has 0 spiro atoms. The van der Waals surface area contributed by atoms with Gasteiger partial charge in [-0.25, -0.2) is 0 Å². The number of nitrogens with one attached hydrogen (secondary N) is 1. The fraction of sp³-hybridized carbons (Fsp3) is 1.00. The van der Waals surface area contributed by atoms with Crippen LogP contribution in [-0.2, 0) is 4.74 Å². The molecule has 110 valence electrons. The molecule has 3 atom stereocenters. The Morgan fingerprint density at radius 1 is 1.16 bits per heavy atom. The van der Waals surface area contributed by atoms with Gasteiger partial charge in [-0.1, -0.05) is 13.3 Å². The summed E-state index contributed by atoms with van der Waals surface area (Å²) in [4.78, 5) is 0. The van der Waals surface area contributed by atoms with Crippen molar-refractivity contribution in [3.63, 3.8) is 0 Å². The zero-order chi connectivity index (χ0) is 13.1. The molecule has 2 bridgehead atoms. The Morgan fingerprint density at radius 3 is 2.63 bits per heavy atom. The first kappa shape index (κ1) is 13.9. The van der Waals surface area contributed by atoms with Gasteiger partial charge in [0.05, 0.1) is 0 Å². The van der Waals surface area contributed by atoms with Crippen molar-refractivity contribution >= 4 is 0 Å². The second-order valence-electron chi connectivity index (χ2n) is 7.43. The first-order chi connectivity index (χ1) is 9.31. The van der Waals surface area contributed by atoms with E-state index < -0.39 is 0 Å². The van der Waals surface area contributed by atoms with Crippen molar-refractivity contribution in [2.45, 2.75) is 58.3 Å². The largest absolute Gasteiger partial charge is 0.381 e. The van der Waals surface area contributed by atoms with Crippen LogP contribution in [0.4, 0.5) is 0 Å². The zero-order valence-electron chi connectivity index (χ0n) is 12.6. The summed E-state index contributed by atoms with van der Waals surface area (Å²) < 4.78 is 5.63. The van der Waals surface area contributed by atoms with Crippen molar-refractivity contribution in [2.75, 3.05) is 26.3 Å². The maximum Gasteiger partial charge on any atom is 0.0471 e. The van der Waals surface area contributed by atoms with Gasteiger partial charge < -0.3 is 10.1 Å². The molecule has 0 radical (unpaired) electrons. The van der Waals surface area contributed by atoms with Gasteiger partial charge in [-0.15, -0.1) is 0 Å². The van der Waals surface area contributed by atoms with Crippen LogP contribution in [0.3, 0.4) is 0 Å². The highest BCUT2D eigenvalue weighted by atomic mass is 16.5. The monoisotopic (exact) mass is 265 g/mol. The average molecular weight is 265 g/mol. The molecule has 1 saturated heterocycles. The minimum Gasteiger partial charge on any atom is -0.381 e. The van der Waals surface area contributed by atoms with Gasteiger partial charge in [-0.3, -0.25) is 0 Å². The van der Waals surface area contributed by atoms with Crippen molar-refractivity contribution in [3.8, 4) is 0 Å². The van der Waals surface area contributed by atoms with Crippen molar-refractivity contribution < 1.29 is 4.74 Å². The lowest BCUT2D eigenvalue weighted by Gasteiger charge is -2.41. The summed E-state index contributed by atoms with van der Waals surface area (Å²) in [7, 11) is 0. The van der Waals surface area contributed by atoms with Crippen LogP contribution < -0.4 is 5.32 Å². The molecule has 0 amide bonds. The minimum absolute atomic E-state index is 0.558. The minimum atomic E-state index is 0.558. The smallest absolute Gasteiger partial charge is 0.0471 e. The van der Waals surface area contributed by atoms with Gasteiger partial charge in [0.15, 0.2) is 0 Å². The molecule has 0 aromatic rings. The Hall–Kier alpha value is -0.0800. The highest BCUT2D eigenvalue weighted by Crippen LogP contribution is 2.53. The Balaban J connectivity index is 1.58. The van der Waals surface area contributed by atoms with Gasteiger partial charge in [0, 0.05) is 19.8 Å². The number of rotatable bonds is 6. The van der Waals surface area contributed by atoms with Gasteiger partial charge in [0.1, 0.15) is 0 Å². The lowest BCUT2D eigenvalue weighted by Crippen LogP contribution is -2.41. The van der Waals surface area contributed by atoms with E-state index in [-0.39, 0.29) is 0 Å². The molecule has 3 aliphatic rings. The van der Waals surface area contributed by atoms with Crippen LogP contribution in [0.2, 0.25) is 0 Å². The predicted octanol–water partition coefficient (Wildman–Crippen LogP) is 3.61. The Bertz CT molecular complexity index is 285. The third-order valence-electron chi connectivity index (χ3n) is 6.06. The average Bonchev–Trinajstić information content (AvgIpc) is 3.02. The molecule has 1 aliphatic heterocycles. The highest BCUT2D eigenvalue weighted by Gasteiger charge is 2.44. The van der Waals surface area contributed by atoms with Gasteiger partial charge in [-0.05, 0) is 74.7 Å². The summed E-state index contributed by atoms with van der Waals surface area (Å²) in [6.45, 7) is 6.67. The van der Waals surface area contributed by atoms with E-state index in [1.807, 2.05) is 0 Å². The number of fused-ring (bicyclic) bond motifs is 2. The third kappa shape index (κ3) is 3.16. The summed E-state index contributed by atoms with van der Waals surface area (Å²) >= 11 is 0. The van der Waals surface area contributed by atoms with Crippen LogP contribution in [0.15, 0.2) is 0 Å². The Labute approximate surface area is 118 Å². The topological polar surface area (TPSA) is 21.3 Å². The SMILES string of the molecule is CCCNCC1(CC2CC3CCC2C3)CCOCC1. The van der Waals surface area contributed by atoms with E-state index in [1.54, 1.807) is 12.8 Å². The molecular formula is C17H31NO. The van der Waals surface area contributed by atoms with Crippen molar-refractivity contribution in [2.24, 2.45) is 23.2 Å². The molecule has 2 saturated carbocycles. The number of ether oxygens (including phenoxy) is 1. The second-order valence-corrected chi connectivity index (χ2v) is 7.43. The van der Waals surface area contributed by atoms with E-state index in [4.69, 9.17) is 4.74 Å². The molecule has 1 N–H and O–H groups in total. The van der Waals surface area contributed by atoms with Gasteiger partial charge >= 0.3 is 0 Å². The summed E-state index contributed by atoms with van der Waals surface area (Å²) in [5, 5.41) is 3.71. The lowest BCUT2D eigenvalue weighted by atomic mass is 9.70. The third-order valence-corrected chi connectivity index (χ3v) is 6.06. The van der Waals surface area contributed by atoms with E-state index in [1.165, 1.54) is 51.6 Å². The molecule has 2 nitrogen and oxygen atoms in total. The van der Waals surface area contributed by atoms with Crippen LogP contribution in [0.5, 0.6) is 0 Å². The molecule has 2 aliphatic carbocycles. The van der Waals surface area contributed by atoms with E-state index in [9.17, 15) is 0 Å². The molecule has 1 heterocycles. The van der Waals surface area contributed by atoms with E-state index >= 15 is 0 Å². The van der Waals surface area contributed by atoms with Crippen LogP contribution >= 0.6 is 0 Å². The van der Waals surface area contributed by atoms with Gasteiger partial charge in [0.2, 0.25) is 0 Å². The number of hydrogen-bond acceptors (Lipinski definition) is 2. The summed E-state index contributed by atoms with van der Waals surface area (Å²) in [5.41, 5.74) is 0.558. The van der Waals surface area contributed by atoms with Crippen molar-refractivity contribution in [1.29, 1.82) is 0 Å². The Morgan fingerprint density at radius 2 is 2.00 bits per heavy atom. The molecule has 3 unspecified atom stereocenters. The lowest BCUT2D eigenvalue weighted by molar-refractivity contribution is -0.00238. The Kier molecular flexibility index (Phi) is 4.48. The van der Waals surface area contributed by atoms with Gasteiger partial charge in [-0.2, -0.15) is 0 Å². The normalized spacial score (nSPS) is 36.8. The predicted molar refractivity (Wildman–Crippen MR) is 79.2 cm³/mol. The molecule has 0 aromatic carbocycles. The molecule has 19 heavy (non-hydrogen) atoms. The highest BCUT2D eigenvalue weighted by molar-refractivity contribution is 4.95. The van der Waals surface area contributed by atoms with E-state index in [0.29, 0.717) is 5.41 Å². The maximum atomic E-state index is 5.63. The van der Waals surface area contributed by atoms with E-state index in [0.717, 1.165) is 31.0 Å². The molecular weight excluding hydrogens is 234 g/mol. The molecule has 2 heteroatoms. The maximum absolute atomic E-state index is 5.63. The molecule has 0 aromatic heterocycles. The standard InChI is InChI=1S/C17H31NO/c1-2-7-18-13-17(5-8-19-9-6-17)12-16-11-14-3-4-15(16)10-14/h14-16,18H,2-13H2,1H3. The van der Waals surface area contributed by atoms with Crippen LogP contribution in [-0.4, -0.2) is 26.3 Å². The first-order valence-electron chi connectivity index (χ1n) is 8.60. The summed E-state index contributed by atoms with van der Waals surface area (Å²) in [5.74, 6) is 3.21. The van der Waals surface area contributed by atoms with Crippen LogP contribution in [0.1, 0.15) is 58.3 Å². The first-order valence-corrected chi connectivity index (χ1v) is 8.60. The quantitative estimate of drug-likeness (QED) is 0.741. The van der Waals surface area contributed by atoms with Crippen molar-refractivity contribution in [3.05, 3.63) is 0 Å². The van der Waals surface area contributed by atoms with Crippen LogP contribution in [0, 0.1) is 23.2 Å². The van der Waals surface area contributed by atoms with Gasteiger partial charge in [0.25, 0.3) is 0 Å². The number of hydrogen-bond donors (Lipinski definition) is 1. The summed E-state index contributed by atoms with van der Waals surface area (Å²) in [6, 6.07) is 0. The zero-order valence-corrected chi connectivity index (χ0v) is 12.6. The molecule has 3 fully saturated rings. The fourth-order valence-electron chi connectivity index (χ4n) is 4.97. The second kappa shape index (κ2) is 6.13. The fourth-order valence-corrected chi connectivity index (χ4v) is 4.97. The van der Waals surface area contributed by atoms with E-state index in [2.05, 4.69) is 12.2 Å². The molecule has 3 rings (SSSR count). The summed E-state index contributed by atoms with van der Waals surface area (Å²) in [6.07, 6.45) is 11.5.